The second-order valence-electron chi connectivity index (χ2n) is 5.10. The van der Waals surface area contributed by atoms with Gasteiger partial charge >= 0.3 is 5.97 Å². The van der Waals surface area contributed by atoms with Crippen molar-refractivity contribution in [1.82, 2.24) is 0 Å². The highest BCUT2D eigenvalue weighted by atomic mass is 16.6. The summed E-state index contributed by atoms with van der Waals surface area (Å²) in [5.41, 5.74) is 1.37. The summed E-state index contributed by atoms with van der Waals surface area (Å²) < 4.78 is 5.01. The van der Waals surface area contributed by atoms with E-state index in [2.05, 4.69) is 0 Å². The number of benzene rings is 2. The summed E-state index contributed by atoms with van der Waals surface area (Å²) in [5.74, 6) is -2.20. The summed E-state index contributed by atoms with van der Waals surface area (Å²) in [7, 11) is 0. The maximum Gasteiger partial charge on any atom is 0.324 e. The Morgan fingerprint density at radius 1 is 1.17 bits per heavy atom. The van der Waals surface area contributed by atoms with Crippen molar-refractivity contribution in [3.8, 4) is 6.07 Å². The van der Waals surface area contributed by atoms with Gasteiger partial charge in [-0.2, -0.15) is 5.26 Å². The zero-order chi connectivity index (χ0) is 17.5. The number of nitro benzene ring substituents is 1. The van der Waals surface area contributed by atoms with Crippen LogP contribution in [0.5, 0.6) is 0 Å². The lowest BCUT2D eigenvalue weighted by Crippen LogP contribution is -2.24. The molecule has 0 aliphatic carbocycles. The van der Waals surface area contributed by atoms with Gasteiger partial charge in [0.25, 0.3) is 5.69 Å². The molecule has 2 aromatic carbocycles. The molecule has 0 aliphatic heterocycles. The predicted molar refractivity (Wildman–Crippen MR) is 87.1 cm³/mol. The van der Waals surface area contributed by atoms with E-state index in [1.807, 2.05) is 36.4 Å². The van der Waals surface area contributed by atoms with Crippen molar-refractivity contribution >= 4 is 11.7 Å². The van der Waals surface area contributed by atoms with Crippen molar-refractivity contribution in [2.24, 2.45) is 5.92 Å². The van der Waals surface area contributed by atoms with E-state index in [1.165, 1.54) is 12.1 Å². The molecule has 0 radical (unpaired) electrons. The minimum absolute atomic E-state index is 0.0461. The highest BCUT2D eigenvalue weighted by Gasteiger charge is 2.32. The Kier molecular flexibility index (Phi) is 5.63. The van der Waals surface area contributed by atoms with Crippen molar-refractivity contribution in [1.29, 1.82) is 5.26 Å². The van der Waals surface area contributed by atoms with E-state index < -0.39 is 22.7 Å². The second-order valence-corrected chi connectivity index (χ2v) is 5.10. The first-order chi connectivity index (χ1) is 11.6. The van der Waals surface area contributed by atoms with Gasteiger partial charge in [-0.15, -0.1) is 0 Å². The summed E-state index contributed by atoms with van der Waals surface area (Å²) in [6, 6.07) is 17.0. The van der Waals surface area contributed by atoms with Gasteiger partial charge in [0.05, 0.1) is 17.6 Å². The monoisotopic (exact) mass is 324 g/mol. The molecular weight excluding hydrogens is 308 g/mol. The lowest BCUT2D eigenvalue weighted by Gasteiger charge is -2.21. The number of nitriles is 1. The maximum atomic E-state index is 12.2. The van der Waals surface area contributed by atoms with E-state index in [0.717, 1.165) is 5.56 Å². The Labute approximate surface area is 139 Å². The highest BCUT2D eigenvalue weighted by molar-refractivity contribution is 5.77. The molecule has 6 nitrogen and oxygen atoms in total. The zero-order valence-corrected chi connectivity index (χ0v) is 13.1. The lowest BCUT2D eigenvalue weighted by molar-refractivity contribution is -0.384. The third kappa shape index (κ3) is 3.76. The number of carbonyl (C=O) groups is 1. The van der Waals surface area contributed by atoms with Crippen LogP contribution in [0, 0.1) is 27.4 Å². The Morgan fingerprint density at radius 3 is 2.25 bits per heavy atom. The molecule has 2 unspecified atom stereocenters. The van der Waals surface area contributed by atoms with E-state index in [4.69, 9.17) is 4.74 Å². The number of esters is 1. The molecule has 0 aliphatic rings. The Hall–Kier alpha value is -3.20. The van der Waals surface area contributed by atoms with Gasteiger partial charge in [0.15, 0.2) is 5.92 Å². The third-order valence-electron chi connectivity index (χ3n) is 3.63. The number of hydrogen-bond acceptors (Lipinski definition) is 5. The molecule has 0 fully saturated rings. The van der Waals surface area contributed by atoms with E-state index in [-0.39, 0.29) is 12.3 Å². The van der Waals surface area contributed by atoms with Gasteiger partial charge in [-0.1, -0.05) is 42.5 Å². The SMILES string of the molecule is CCOC(=O)C(C#N)C(c1ccccc1)c1ccc([N+](=O)[O-])cc1. The van der Waals surface area contributed by atoms with Crippen molar-refractivity contribution in [2.45, 2.75) is 12.8 Å². The van der Waals surface area contributed by atoms with Crippen molar-refractivity contribution in [3.63, 3.8) is 0 Å². The largest absolute Gasteiger partial charge is 0.465 e. The van der Waals surface area contributed by atoms with Crippen molar-refractivity contribution < 1.29 is 14.5 Å². The fourth-order valence-corrected chi connectivity index (χ4v) is 2.54. The van der Waals surface area contributed by atoms with Crippen LogP contribution in [0.2, 0.25) is 0 Å². The standard InChI is InChI=1S/C18H16N2O4/c1-2-24-18(21)16(12-19)17(13-6-4-3-5-7-13)14-8-10-15(11-9-14)20(22)23/h3-11,16-17H,2H2,1H3. The van der Waals surface area contributed by atoms with Crippen LogP contribution in [0.3, 0.4) is 0 Å². The fraction of sp³-hybridized carbons (Fsp3) is 0.222. The normalized spacial score (nSPS) is 12.7. The molecule has 6 heteroatoms. The highest BCUT2D eigenvalue weighted by Crippen LogP contribution is 2.33. The van der Waals surface area contributed by atoms with Crippen LogP contribution in [0.4, 0.5) is 5.69 Å². The van der Waals surface area contributed by atoms with Crippen LogP contribution < -0.4 is 0 Å². The average Bonchev–Trinajstić information content (AvgIpc) is 2.60. The zero-order valence-electron chi connectivity index (χ0n) is 13.1. The number of non-ortho nitro benzene ring substituents is 1. The first-order valence-corrected chi connectivity index (χ1v) is 7.44. The van der Waals surface area contributed by atoms with Gasteiger partial charge in [-0.05, 0) is 18.1 Å². The first-order valence-electron chi connectivity index (χ1n) is 7.44. The molecule has 122 valence electrons. The summed E-state index contributed by atoms with van der Waals surface area (Å²) in [4.78, 5) is 22.5. The van der Waals surface area contributed by atoms with Crippen LogP contribution in [0.15, 0.2) is 54.6 Å². The molecule has 2 aromatic rings. The Bertz CT molecular complexity index is 751. The number of rotatable bonds is 6. The molecule has 0 amide bonds. The molecule has 2 atom stereocenters. The molecule has 2 rings (SSSR count). The predicted octanol–water partition coefficient (Wildman–Crippen LogP) is 3.43. The van der Waals surface area contributed by atoms with Gasteiger partial charge in [-0.25, -0.2) is 0 Å². The molecular formula is C18H16N2O4. The van der Waals surface area contributed by atoms with Crippen LogP contribution in [-0.2, 0) is 9.53 Å². The van der Waals surface area contributed by atoms with Crippen LogP contribution in [0.1, 0.15) is 24.0 Å². The quantitative estimate of drug-likeness (QED) is 0.461. The first kappa shape index (κ1) is 17.2. The number of carbonyl (C=O) groups excluding carboxylic acids is 1. The van der Waals surface area contributed by atoms with Crippen LogP contribution >= 0.6 is 0 Å². The summed E-state index contributed by atoms with van der Waals surface area (Å²) in [6.45, 7) is 1.86. The number of nitrogens with zero attached hydrogens (tertiary/aromatic N) is 2. The third-order valence-corrected chi connectivity index (χ3v) is 3.63. The second kappa shape index (κ2) is 7.88. The Morgan fingerprint density at radius 2 is 1.75 bits per heavy atom. The van der Waals surface area contributed by atoms with E-state index >= 15 is 0 Å². The molecule has 0 spiro atoms. The molecule has 24 heavy (non-hydrogen) atoms. The summed E-state index contributed by atoms with van der Waals surface area (Å²) in [6.07, 6.45) is 0. The molecule has 0 heterocycles. The fourth-order valence-electron chi connectivity index (χ4n) is 2.54. The van der Waals surface area contributed by atoms with Crippen LogP contribution in [0.25, 0.3) is 0 Å². The van der Waals surface area contributed by atoms with Gasteiger partial charge < -0.3 is 4.74 Å². The summed E-state index contributed by atoms with van der Waals surface area (Å²) in [5, 5.41) is 20.3. The molecule has 0 bridgehead atoms. The lowest BCUT2D eigenvalue weighted by atomic mass is 9.81. The number of ether oxygens (including phenoxy) is 1. The summed E-state index contributed by atoms with van der Waals surface area (Å²) >= 11 is 0. The van der Waals surface area contributed by atoms with Gasteiger partial charge in [0, 0.05) is 18.1 Å². The van der Waals surface area contributed by atoms with E-state index in [1.54, 1.807) is 19.1 Å². The van der Waals surface area contributed by atoms with Gasteiger partial charge in [-0.3, -0.25) is 14.9 Å². The van der Waals surface area contributed by atoms with E-state index in [0.29, 0.717) is 5.56 Å². The number of nitro groups is 1. The van der Waals surface area contributed by atoms with E-state index in [9.17, 15) is 20.2 Å². The minimum atomic E-state index is -1.03. The Balaban J connectivity index is 2.49. The van der Waals surface area contributed by atoms with Crippen molar-refractivity contribution in [2.75, 3.05) is 6.61 Å². The molecule has 0 aromatic heterocycles. The maximum absolute atomic E-state index is 12.2. The smallest absolute Gasteiger partial charge is 0.324 e. The average molecular weight is 324 g/mol. The van der Waals surface area contributed by atoms with Gasteiger partial charge in [0.1, 0.15) is 0 Å². The van der Waals surface area contributed by atoms with Crippen LogP contribution in [-0.4, -0.2) is 17.5 Å². The van der Waals surface area contributed by atoms with Gasteiger partial charge in [0.2, 0.25) is 0 Å². The molecule has 0 N–H and O–H groups in total. The van der Waals surface area contributed by atoms with Crippen molar-refractivity contribution in [3.05, 3.63) is 75.8 Å². The minimum Gasteiger partial charge on any atom is -0.465 e. The molecule has 0 saturated carbocycles. The molecule has 0 saturated heterocycles. The number of hydrogen-bond donors (Lipinski definition) is 0. The topological polar surface area (TPSA) is 93.2 Å².